The summed E-state index contributed by atoms with van der Waals surface area (Å²) in [7, 11) is 1.61. The maximum atomic E-state index is 12.5. The Morgan fingerprint density at radius 3 is 2.58 bits per heavy atom. The summed E-state index contributed by atoms with van der Waals surface area (Å²) in [4.78, 5) is 30.2. The minimum atomic E-state index is -0.140. The quantitative estimate of drug-likeness (QED) is 0.759. The van der Waals surface area contributed by atoms with Crippen LogP contribution in [-0.2, 0) is 9.53 Å². The van der Waals surface area contributed by atoms with E-state index >= 15 is 0 Å². The van der Waals surface area contributed by atoms with Crippen LogP contribution >= 0.6 is 0 Å². The van der Waals surface area contributed by atoms with Gasteiger partial charge in [-0.3, -0.25) is 14.6 Å². The Bertz CT molecular complexity index is 616. The molecule has 3 rings (SSSR count). The number of carbonyl (C=O) groups excluding carboxylic acids is 2. The lowest BCUT2D eigenvalue weighted by Gasteiger charge is -2.26. The number of amides is 3. The van der Waals surface area contributed by atoms with Crippen LogP contribution < -0.4 is 15.0 Å². The van der Waals surface area contributed by atoms with E-state index in [0.717, 1.165) is 44.3 Å². The fourth-order valence-corrected chi connectivity index (χ4v) is 3.14. The Balaban J connectivity index is 1.43. The highest BCUT2D eigenvalue weighted by atomic mass is 16.5. The SMILES string of the molecule is COc1ccc(N2CCN(CC(=O)NCCN3CCOCC3)C2=O)cc1. The summed E-state index contributed by atoms with van der Waals surface area (Å²) in [5.74, 6) is 0.625. The molecule has 0 unspecified atom stereocenters. The van der Waals surface area contributed by atoms with E-state index in [-0.39, 0.29) is 18.5 Å². The van der Waals surface area contributed by atoms with Crippen molar-refractivity contribution in [1.82, 2.24) is 15.1 Å². The van der Waals surface area contributed by atoms with E-state index in [0.29, 0.717) is 19.6 Å². The molecule has 1 N–H and O–H groups in total. The molecule has 26 heavy (non-hydrogen) atoms. The van der Waals surface area contributed by atoms with Gasteiger partial charge in [0.1, 0.15) is 12.3 Å². The lowest BCUT2D eigenvalue weighted by Crippen LogP contribution is -2.44. The van der Waals surface area contributed by atoms with Crippen LogP contribution in [0, 0.1) is 0 Å². The van der Waals surface area contributed by atoms with Crippen molar-refractivity contribution in [2.45, 2.75) is 0 Å². The van der Waals surface area contributed by atoms with Crippen LogP contribution in [0.15, 0.2) is 24.3 Å². The van der Waals surface area contributed by atoms with Gasteiger partial charge in [-0.15, -0.1) is 0 Å². The summed E-state index contributed by atoms with van der Waals surface area (Å²) in [6.07, 6.45) is 0. The molecule has 2 saturated heterocycles. The number of anilines is 1. The van der Waals surface area contributed by atoms with Gasteiger partial charge >= 0.3 is 6.03 Å². The molecule has 0 aromatic heterocycles. The number of rotatable bonds is 7. The van der Waals surface area contributed by atoms with Crippen molar-refractivity contribution in [1.29, 1.82) is 0 Å². The van der Waals surface area contributed by atoms with Crippen LogP contribution in [0.1, 0.15) is 0 Å². The number of nitrogens with zero attached hydrogens (tertiary/aromatic N) is 3. The molecule has 1 aromatic rings. The molecule has 142 valence electrons. The van der Waals surface area contributed by atoms with Gasteiger partial charge in [0.15, 0.2) is 0 Å². The first-order valence-electron chi connectivity index (χ1n) is 8.94. The van der Waals surface area contributed by atoms with Gasteiger partial charge < -0.3 is 19.7 Å². The third-order valence-corrected chi connectivity index (χ3v) is 4.67. The third kappa shape index (κ3) is 4.64. The number of urea groups is 1. The van der Waals surface area contributed by atoms with Crippen molar-refractivity contribution in [3.8, 4) is 5.75 Å². The number of carbonyl (C=O) groups is 2. The second-order valence-corrected chi connectivity index (χ2v) is 6.36. The molecular formula is C18H26N4O4. The van der Waals surface area contributed by atoms with Gasteiger partial charge in [0.25, 0.3) is 0 Å². The van der Waals surface area contributed by atoms with Crippen LogP contribution in [0.2, 0.25) is 0 Å². The van der Waals surface area contributed by atoms with E-state index in [4.69, 9.17) is 9.47 Å². The van der Waals surface area contributed by atoms with E-state index in [1.54, 1.807) is 16.9 Å². The number of methoxy groups -OCH3 is 1. The summed E-state index contributed by atoms with van der Waals surface area (Å²) < 4.78 is 10.4. The van der Waals surface area contributed by atoms with Gasteiger partial charge in [-0.1, -0.05) is 0 Å². The summed E-state index contributed by atoms with van der Waals surface area (Å²) in [6.45, 7) is 5.90. The number of hydrogen-bond donors (Lipinski definition) is 1. The second kappa shape index (κ2) is 8.86. The van der Waals surface area contributed by atoms with Crippen LogP contribution in [0.3, 0.4) is 0 Å². The van der Waals surface area contributed by atoms with E-state index in [1.807, 2.05) is 24.3 Å². The van der Waals surface area contributed by atoms with Gasteiger partial charge in [0, 0.05) is 45.0 Å². The first kappa shape index (κ1) is 18.5. The maximum absolute atomic E-state index is 12.5. The molecular weight excluding hydrogens is 336 g/mol. The summed E-state index contributed by atoms with van der Waals surface area (Å²) in [5.41, 5.74) is 0.811. The lowest BCUT2D eigenvalue weighted by atomic mass is 10.3. The van der Waals surface area contributed by atoms with E-state index in [9.17, 15) is 9.59 Å². The molecule has 0 saturated carbocycles. The molecule has 3 amide bonds. The first-order valence-corrected chi connectivity index (χ1v) is 8.94. The summed E-state index contributed by atoms with van der Waals surface area (Å²) >= 11 is 0. The minimum absolute atomic E-state index is 0.0919. The van der Waals surface area contributed by atoms with Crippen LogP contribution in [0.4, 0.5) is 10.5 Å². The number of ether oxygens (including phenoxy) is 2. The average molecular weight is 362 g/mol. The molecule has 2 heterocycles. The van der Waals surface area contributed by atoms with Crippen molar-refractivity contribution in [2.75, 3.05) is 71.0 Å². The highest BCUT2D eigenvalue weighted by Crippen LogP contribution is 2.22. The molecule has 0 atom stereocenters. The Hall–Kier alpha value is -2.32. The number of hydrogen-bond acceptors (Lipinski definition) is 5. The monoisotopic (exact) mass is 362 g/mol. The largest absolute Gasteiger partial charge is 0.497 e. The molecule has 2 fully saturated rings. The zero-order valence-electron chi connectivity index (χ0n) is 15.1. The second-order valence-electron chi connectivity index (χ2n) is 6.36. The third-order valence-electron chi connectivity index (χ3n) is 4.67. The molecule has 0 aliphatic carbocycles. The molecule has 8 heteroatoms. The molecule has 0 spiro atoms. The Morgan fingerprint density at radius 1 is 1.15 bits per heavy atom. The fourth-order valence-electron chi connectivity index (χ4n) is 3.14. The zero-order valence-corrected chi connectivity index (χ0v) is 15.1. The summed E-state index contributed by atoms with van der Waals surface area (Å²) in [5, 5.41) is 2.90. The average Bonchev–Trinajstić information content (AvgIpc) is 3.03. The Morgan fingerprint density at radius 2 is 1.88 bits per heavy atom. The molecule has 2 aliphatic rings. The normalized spacial score (nSPS) is 18.3. The van der Waals surface area contributed by atoms with Gasteiger partial charge in [-0.05, 0) is 24.3 Å². The first-order chi connectivity index (χ1) is 12.7. The molecule has 8 nitrogen and oxygen atoms in total. The number of benzene rings is 1. The molecule has 0 radical (unpaired) electrons. The molecule has 0 bridgehead atoms. The van der Waals surface area contributed by atoms with Crippen molar-refractivity contribution in [3.05, 3.63) is 24.3 Å². The van der Waals surface area contributed by atoms with Crippen LogP contribution in [0.5, 0.6) is 5.75 Å². The maximum Gasteiger partial charge on any atom is 0.325 e. The van der Waals surface area contributed by atoms with E-state index < -0.39 is 0 Å². The van der Waals surface area contributed by atoms with Crippen molar-refractivity contribution in [3.63, 3.8) is 0 Å². The van der Waals surface area contributed by atoms with Crippen molar-refractivity contribution >= 4 is 17.6 Å². The summed E-state index contributed by atoms with van der Waals surface area (Å²) in [6, 6.07) is 7.21. The Labute approximate surface area is 153 Å². The van der Waals surface area contributed by atoms with Gasteiger partial charge in [-0.2, -0.15) is 0 Å². The minimum Gasteiger partial charge on any atom is -0.497 e. The van der Waals surface area contributed by atoms with Crippen molar-refractivity contribution < 1.29 is 19.1 Å². The van der Waals surface area contributed by atoms with Crippen molar-refractivity contribution in [2.24, 2.45) is 0 Å². The zero-order chi connectivity index (χ0) is 18.4. The van der Waals surface area contributed by atoms with Crippen LogP contribution in [0.25, 0.3) is 0 Å². The van der Waals surface area contributed by atoms with Crippen LogP contribution in [-0.4, -0.2) is 87.9 Å². The van der Waals surface area contributed by atoms with Gasteiger partial charge in [0.05, 0.1) is 20.3 Å². The fraction of sp³-hybridized carbons (Fsp3) is 0.556. The van der Waals surface area contributed by atoms with Gasteiger partial charge in [0.2, 0.25) is 5.91 Å². The Kier molecular flexibility index (Phi) is 6.30. The smallest absolute Gasteiger partial charge is 0.325 e. The predicted octanol–water partition coefficient (Wildman–Crippen LogP) is 0.386. The van der Waals surface area contributed by atoms with E-state index in [1.165, 1.54) is 0 Å². The number of morpholine rings is 1. The topological polar surface area (TPSA) is 74.3 Å². The lowest BCUT2D eigenvalue weighted by molar-refractivity contribution is -0.121. The molecule has 2 aliphatic heterocycles. The molecule has 1 aromatic carbocycles. The predicted molar refractivity (Wildman–Crippen MR) is 97.6 cm³/mol. The standard InChI is InChI=1S/C18H26N4O4/c1-25-16-4-2-15(3-5-16)22-9-8-21(18(22)24)14-17(23)19-6-7-20-10-12-26-13-11-20/h2-5H,6-14H2,1H3,(H,19,23). The highest BCUT2D eigenvalue weighted by molar-refractivity contribution is 5.96. The number of nitrogens with one attached hydrogen (secondary N) is 1. The van der Waals surface area contributed by atoms with E-state index in [2.05, 4.69) is 10.2 Å². The highest BCUT2D eigenvalue weighted by Gasteiger charge is 2.30. The van der Waals surface area contributed by atoms with Gasteiger partial charge in [-0.25, -0.2) is 4.79 Å².